The molecule has 0 bridgehead atoms. The monoisotopic (exact) mass is 242 g/mol. The summed E-state index contributed by atoms with van der Waals surface area (Å²) < 4.78 is 2.14. The molecule has 0 fully saturated rings. The molecule has 1 aliphatic heterocycles. The molecule has 0 aliphatic carbocycles. The maximum absolute atomic E-state index is 4.47. The average molecular weight is 242 g/mol. The molecule has 0 atom stereocenters. The lowest BCUT2D eigenvalue weighted by atomic mass is 10.1. The highest BCUT2D eigenvalue weighted by atomic mass is 15.2. The quantitative estimate of drug-likeness (QED) is 0.816. The molecule has 0 unspecified atom stereocenters. The number of hydrogen-bond donors (Lipinski definition) is 0. The van der Waals surface area contributed by atoms with Gasteiger partial charge >= 0.3 is 0 Å². The summed E-state index contributed by atoms with van der Waals surface area (Å²) in [6.07, 6.45) is 5.91. The van der Waals surface area contributed by atoms with Crippen molar-refractivity contribution in [3.05, 3.63) is 47.8 Å². The van der Waals surface area contributed by atoms with Crippen molar-refractivity contribution in [3.8, 4) is 0 Å². The van der Waals surface area contributed by atoms with Crippen LogP contribution in [0, 0.1) is 0 Å². The molecule has 0 N–H and O–H groups in total. The van der Waals surface area contributed by atoms with Crippen molar-refractivity contribution in [1.82, 2.24) is 19.4 Å². The van der Waals surface area contributed by atoms with Gasteiger partial charge in [-0.2, -0.15) is 0 Å². The summed E-state index contributed by atoms with van der Waals surface area (Å²) >= 11 is 0. The zero-order chi connectivity index (χ0) is 12.4. The molecule has 0 saturated carbocycles. The molecule has 3 rings (SSSR count). The van der Waals surface area contributed by atoms with Gasteiger partial charge < -0.3 is 4.57 Å². The van der Waals surface area contributed by atoms with Gasteiger partial charge in [0.15, 0.2) is 0 Å². The highest BCUT2D eigenvalue weighted by Gasteiger charge is 2.19. The minimum Gasteiger partial charge on any atom is -0.337 e. The first kappa shape index (κ1) is 11.4. The molecule has 4 heteroatoms. The lowest BCUT2D eigenvalue weighted by molar-refractivity contribution is 0.251. The van der Waals surface area contributed by atoms with Crippen LogP contribution >= 0.6 is 0 Å². The SMILES string of the molecule is Cn1cnc2c1CCN(CCc1ccccn1)C2. The van der Waals surface area contributed by atoms with Gasteiger partial charge in [0.05, 0.1) is 12.0 Å². The fourth-order valence-electron chi connectivity index (χ4n) is 2.52. The summed E-state index contributed by atoms with van der Waals surface area (Å²) in [7, 11) is 2.08. The second-order valence-electron chi connectivity index (χ2n) is 4.85. The third-order valence-corrected chi connectivity index (χ3v) is 3.59. The molecule has 0 amide bonds. The first-order valence-electron chi connectivity index (χ1n) is 6.44. The predicted molar refractivity (Wildman–Crippen MR) is 70.1 cm³/mol. The van der Waals surface area contributed by atoms with Crippen molar-refractivity contribution in [2.45, 2.75) is 19.4 Å². The predicted octanol–water partition coefficient (Wildman–Crippen LogP) is 1.42. The molecular formula is C14H18N4. The van der Waals surface area contributed by atoms with E-state index in [0.717, 1.165) is 32.5 Å². The highest BCUT2D eigenvalue weighted by Crippen LogP contribution is 2.16. The van der Waals surface area contributed by atoms with Crippen LogP contribution in [-0.2, 0) is 26.4 Å². The zero-order valence-electron chi connectivity index (χ0n) is 10.7. The van der Waals surface area contributed by atoms with Crippen LogP contribution in [0.1, 0.15) is 17.1 Å². The maximum atomic E-state index is 4.47. The second kappa shape index (κ2) is 4.90. The summed E-state index contributed by atoms with van der Waals surface area (Å²) in [5, 5.41) is 0. The Labute approximate surface area is 107 Å². The molecule has 94 valence electrons. The van der Waals surface area contributed by atoms with E-state index in [2.05, 4.69) is 38.6 Å². The van der Waals surface area contributed by atoms with E-state index in [1.807, 2.05) is 18.6 Å². The van der Waals surface area contributed by atoms with Gasteiger partial charge in [-0.1, -0.05) is 6.07 Å². The van der Waals surface area contributed by atoms with E-state index >= 15 is 0 Å². The topological polar surface area (TPSA) is 34.0 Å². The lowest BCUT2D eigenvalue weighted by Crippen LogP contribution is -2.32. The lowest BCUT2D eigenvalue weighted by Gasteiger charge is -2.26. The first-order valence-corrected chi connectivity index (χ1v) is 6.44. The fraction of sp³-hybridized carbons (Fsp3) is 0.429. The van der Waals surface area contributed by atoms with E-state index in [-0.39, 0.29) is 0 Å². The van der Waals surface area contributed by atoms with Crippen LogP contribution in [0.25, 0.3) is 0 Å². The molecule has 2 aromatic heterocycles. The van der Waals surface area contributed by atoms with Crippen LogP contribution in [-0.4, -0.2) is 32.5 Å². The number of fused-ring (bicyclic) bond motifs is 1. The molecule has 0 aromatic carbocycles. The van der Waals surface area contributed by atoms with Crippen LogP contribution in [0.4, 0.5) is 0 Å². The molecule has 2 aromatic rings. The van der Waals surface area contributed by atoms with Crippen molar-refractivity contribution >= 4 is 0 Å². The van der Waals surface area contributed by atoms with Gasteiger partial charge in [-0.15, -0.1) is 0 Å². The van der Waals surface area contributed by atoms with Crippen LogP contribution in [0.3, 0.4) is 0 Å². The number of hydrogen-bond acceptors (Lipinski definition) is 3. The van der Waals surface area contributed by atoms with Gasteiger partial charge in [0, 0.05) is 57.1 Å². The summed E-state index contributed by atoms with van der Waals surface area (Å²) in [5.74, 6) is 0. The number of pyridine rings is 1. The Balaban J connectivity index is 1.60. The third-order valence-electron chi connectivity index (χ3n) is 3.59. The average Bonchev–Trinajstić information content (AvgIpc) is 2.79. The van der Waals surface area contributed by atoms with Crippen LogP contribution in [0.5, 0.6) is 0 Å². The molecule has 1 aliphatic rings. The molecule has 0 spiro atoms. The molecule has 18 heavy (non-hydrogen) atoms. The van der Waals surface area contributed by atoms with Crippen molar-refractivity contribution in [2.24, 2.45) is 7.05 Å². The van der Waals surface area contributed by atoms with E-state index in [4.69, 9.17) is 0 Å². The van der Waals surface area contributed by atoms with Crippen LogP contribution < -0.4 is 0 Å². The van der Waals surface area contributed by atoms with Crippen molar-refractivity contribution in [2.75, 3.05) is 13.1 Å². The van der Waals surface area contributed by atoms with Crippen molar-refractivity contribution < 1.29 is 0 Å². The fourth-order valence-corrected chi connectivity index (χ4v) is 2.52. The van der Waals surface area contributed by atoms with Crippen molar-refractivity contribution in [1.29, 1.82) is 0 Å². The van der Waals surface area contributed by atoms with E-state index in [1.54, 1.807) is 0 Å². The molecule has 3 heterocycles. The molecular weight excluding hydrogens is 224 g/mol. The maximum Gasteiger partial charge on any atom is 0.0949 e. The van der Waals surface area contributed by atoms with Gasteiger partial charge in [0.2, 0.25) is 0 Å². The van der Waals surface area contributed by atoms with Gasteiger partial charge in [0.1, 0.15) is 0 Å². The number of nitrogens with zero attached hydrogens (tertiary/aromatic N) is 4. The second-order valence-corrected chi connectivity index (χ2v) is 4.85. The molecule has 0 radical (unpaired) electrons. The van der Waals surface area contributed by atoms with E-state index in [9.17, 15) is 0 Å². The standard InChI is InChI=1S/C14H18N4/c1-17-11-16-13-10-18(9-6-14(13)17)8-5-12-4-2-3-7-15-12/h2-4,7,11H,5-6,8-10H2,1H3. The van der Waals surface area contributed by atoms with E-state index in [1.165, 1.54) is 17.1 Å². The highest BCUT2D eigenvalue weighted by molar-refractivity contribution is 5.16. The normalized spacial score (nSPS) is 15.6. The Morgan fingerprint density at radius 3 is 3.06 bits per heavy atom. The summed E-state index contributed by atoms with van der Waals surface area (Å²) in [5.41, 5.74) is 3.80. The van der Waals surface area contributed by atoms with Gasteiger partial charge in [-0.3, -0.25) is 9.88 Å². The van der Waals surface area contributed by atoms with Gasteiger partial charge in [-0.25, -0.2) is 4.98 Å². The Bertz CT molecular complexity index is 518. The van der Waals surface area contributed by atoms with Gasteiger partial charge in [0.25, 0.3) is 0 Å². The smallest absolute Gasteiger partial charge is 0.0949 e. The molecule has 0 saturated heterocycles. The Morgan fingerprint density at radius 1 is 1.28 bits per heavy atom. The largest absolute Gasteiger partial charge is 0.337 e. The Hall–Kier alpha value is -1.68. The summed E-state index contributed by atoms with van der Waals surface area (Å²) in [4.78, 5) is 11.3. The summed E-state index contributed by atoms with van der Waals surface area (Å²) in [6.45, 7) is 3.16. The first-order chi connectivity index (χ1) is 8.83. The Morgan fingerprint density at radius 2 is 2.22 bits per heavy atom. The third kappa shape index (κ3) is 2.29. The minimum absolute atomic E-state index is 0.975. The van der Waals surface area contributed by atoms with Crippen molar-refractivity contribution in [3.63, 3.8) is 0 Å². The zero-order valence-corrected chi connectivity index (χ0v) is 10.7. The molecule has 4 nitrogen and oxygen atoms in total. The number of rotatable bonds is 3. The van der Waals surface area contributed by atoms with Gasteiger partial charge in [-0.05, 0) is 12.1 Å². The van der Waals surface area contributed by atoms with E-state index in [0.29, 0.717) is 0 Å². The van der Waals surface area contributed by atoms with E-state index < -0.39 is 0 Å². The van der Waals surface area contributed by atoms with Crippen LogP contribution in [0.2, 0.25) is 0 Å². The number of aryl methyl sites for hydroxylation is 1. The Kier molecular flexibility index (Phi) is 3.11. The number of imidazole rings is 1. The summed E-state index contributed by atoms with van der Waals surface area (Å²) in [6, 6.07) is 6.11. The number of aromatic nitrogens is 3. The minimum atomic E-state index is 0.975. The van der Waals surface area contributed by atoms with Crippen LogP contribution in [0.15, 0.2) is 30.7 Å².